The van der Waals surface area contributed by atoms with Crippen LogP contribution in [0.3, 0.4) is 0 Å². The van der Waals surface area contributed by atoms with Crippen molar-refractivity contribution in [1.82, 2.24) is 0 Å². The zero-order chi connectivity index (χ0) is 23.6. The SMILES string of the molecule is CC(=O)O[C@@H](CCCOCc1ccccc1)[C@@H](C)C(OC(=O)C(F)(F)F)c1ccccc1. The van der Waals surface area contributed by atoms with Crippen molar-refractivity contribution >= 4 is 11.9 Å². The molecular weight excluding hydrogens is 425 g/mol. The number of alkyl halides is 3. The minimum Gasteiger partial charge on any atom is -0.462 e. The molecule has 0 saturated heterocycles. The van der Waals surface area contributed by atoms with Gasteiger partial charge in [0.1, 0.15) is 12.2 Å². The molecule has 0 aliphatic carbocycles. The first-order chi connectivity index (χ1) is 15.2. The molecule has 0 aromatic heterocycles. The van der Waals surface area contributed by atoms with Crippen molar-refractivity contribution in [2.75, 3.05) is 6.61 Å². The van der Waals surface area contributed by atoms with E-state index in [0.717, 1.165) is 5.56 Å². The highest BCUT2D eigenvalue weighted by atomic mass is 19.4. The summed E-state index contributed by atoms with van der Waals surface area (Å²) in [5.41, 5.74) is 1.40. The highest BCUT2D eigenvalue weighted by Gasteiger charge is 2.44. The number of hydrogen-bond donors (Lipinski definition) is 0. The van der Waals surface area contributed by atoms with Crippen molar-refractivity contribution in [1.29, 1.82) is 0 Å². The summed E-state index contributed by atoms with van der Waals surface area (Å²) < 4.78 is 54.4. The summed E-state index contributed by atoms with van der Waals surface area (Å²) in [7, 11) is 0. The summed E-state index contributed by atoms with van der Waals surface area (Å²) in [5, 5.41) is 0. The summed E-state index contributed by atoms with van der Waals surface area (Å²) in [4.78, 5) is 23.2. The molecule has 3 atom stereocenters. The maximum Gasteiger partial charge on any atom is 0.490 e. The second-order valence-electron chi connectivity index (χ2n) is 7.42. The molecule has 2 rings (SSSR count). The number of rotatable bonds is 11. The van der Waals surface area contributed by atoms with E-state index in [4.69, 9.17) is 14.2 Å². The summed E-state index contributed by atoms with van der Waals surface area (Å²) in [6, 6.07) is 17.7. The van der Waals surface area contributed by atoms with Crippen molar-refractivity contribution < 1.29 is 37.0 Å². The largest absolute Gasteiger partial charge is 0.490 e. The third kappa shape index (κ3) is 8.34. The van der Waals surface area contributed by atoms with Gasteiger partial charge in [0.15, 0.2) is 0 Å². The Morgan fingerprint density at radius 3 is 2.09 bits per heavy atom. The lowest BCUT2D eigenvalue weighted by atomic mass is 9.90. The van der Waals surface area contributed by atoms with Crippen LogP contribution in [-0.4, -0.2) is 30.8 Å². The lowest BCUT2D eigenvalue weighted by Gasteiger charge is -2.31. The van der Waals surface area contributed by atoms with E-state index in [1.54, 1.807) is 37.3 Å². The Morgan fingerprint density at radius 2 is 1.53 bits per heavy atom. The van der Waals surface area contributed by atoms with Crippen LogP contribution in [0, 0.1) is 5.92 Å². The van der Waals surface area contributed by atoms with E-state index >= 15 is 0 Å². The predicted molar refractivity (Wildman–Crippen MR) is 111 cm³/mol. The van der Waals surface area contributed by atoms with Crippen LogP contribution in [0.15, 0.2) is 60.7 Å². The monoisotopic (exact) mass is 452 g/mol. The van der Waals surface area contributed by atoms with Crippen LogP contribution in [-0.2, 0) is 30.4 Å². The Hall–Kier alpha value is -2.87. The molecule has 0 amide bonds. The number of esters is 2. The maximum absolute atomic E-state index is 12.9. The van der Waals surface area contributed by atoms with E-state index < -0.39 is 36.2 Å². The van der Waals surface area contributed by atoms with Gasteiger partial charge in [-0.2, -0.15) is 13.2 Å². The molecule has 174 valence electrons. The summed E-state index contributed by atoms with van der Waals surface area (Å²) in [6.07, 6.45) is -6.29. The molecule has 0 aliphatic rings. The first-order valence-electron chi connectivity index (χ1n) is 10.3. The highest BCUT2D eigenvalue weighted by Crippen LogP contribution is 2.34. The highest BCUT2D eigenvalue weighted by molar-refractivity contribution is 5.76. The van der Waals surface area contributed by atoms with Crippen LogP contribution in [0.1, 0.15) is 43.9 Å². The lowest BCUT2D eigenvalue weighted by Crippen LogP contribution is -2.34. The van der Waals surface area contributed by atoms with Gasteiger partial charge < -0.3 is 14.2 Å². The van der Waals surface area contributed by atoms with Gasteiger partial charge in [-0.1, -0.05) is 67.6 Å². The molecule has 1 unspecified atom stereocenters. The van der Waals surface area contributed by atoms with Gasteiger partial charge in [-0.05, 0) is 24.0 Å². The number of carbonyl (C=O) groups excluding carboxylic acids is 2. The zero-order valence-electron chi connectivity index (χ0n) is 18.0. The second kappa shape index (κ2) is 12.2. The first-order valence-corrected chi connectivity index (χ1v) is 10.3. The van der Waals surface area contributed by atoms with Crippen LogP contribution < -0.4 is 0 Å². The Morgan fingerprint density at radius 1 is 0.938 bits per heavy atom. The van der Waals surface area contributed by atoms with E-state index in [1.165, 1.54) is 6.92 Å². The fourth-order valence-corrected chi connectivity index (χ4v) is 3.29. The van der Waals surface area contributed by atoms with E-state index in [-0.39, 0.29) is 0 Å². The Labute approximate surface area is 185 Å². The van der Waals surface area contributed by atoms with Crippen LogP contribution in [0.5, 0.6) is 0 Å². The molecule has 32 heavy (non-hydrogen) atoms. The van der Waals surface area contributed by atoms with Gasteiger partial charge >= 0.3 is 18.1 Å². The quantitative estimate of drug-likeness (QED) is 0.338. The fourth-order valence-electron chi connectivity index (χ4n) is 3.29. The first kappa shape index (κ1) is 25.4. The van der Waals surface area contributed by atoms with Gasteiger partial charge in [0.05, 0.1) is 6.61 Å². The lowest BCUT2D eigenvalue weighted by molar-refractivity contribution is -0.209. The van der Waals surface area contributed by atoms with E-state index in [9.17, 15) is 22.8 Å². The van der Waals surface area contributed by atoms with E-state index in [1.807, 2.05) is 30.3 Å². The van der Waals surface area contributed by atoms with Gasteiger partial charge in [0.25, 0.3) is 0 Å². The van der Waals surface area contributed by atoms with E-state index in [2.05, 4.69) is 0 Å². The molecule has 2 aromatic carbocycles. The predicted octanol–water partition coefficient (Wildman–Crippen LogP) is 5.40. The normalized spacial score (nSPS) is 14.3. The molecule has 0 radical (unpaired) electrons. The Bertz CT molecular complexity index is 840. The zero-order valence-corrected chi connectivity index (χ0v) is 18.0. The van der Waals surface area contributed by atoms with Gasteiger partial charge in [-0.15, -0.1) is 0 Å². The van der Waals surface area contributed by atoms with Crippen LogP contribution >= 0.6 is 0 Å². The van der Waals surface area contributed by atoms with Crippen molar-refractivity contribution in [2.24, 2.45) is 5.92 Å². The van der Waals surface area contributed by atoms with Gasteiger partial charge in [0, 0.05) is 19.4 Å². The van der Waals surface area contributed by atoms with E-state index in [0.29, 0.717) is 31.6 Å². The van der Waals surface area contributed by atoms with Gasteiger partial charge in [0.2, 0.25) is 0 Å². The molecule has 2 aromatic rings. The molecule has 0 aliphatic heterocycles. The molecule has 8 heteroatoms. The van der Waals surface area contributed by atoms with Crippen molar-refractivity contribution in [2.45, 2.75) is 51.7 Å². The fraction of sp³-hybridized carbons (Fsp3) is 0.417. The summed E-state index contributed by atoms with van der Waals surface area (Å²) in [5.74, 6) is -3.58. The van der Waals surface area contributed by atoms with Crippen molar-refractivity contribution in [3.8, 4) is 0 Å². The minimum atomic E-state index is -5.13. The standard InChI is InChI=1S/C24H27F3O5/c1-17(22(20-12-7-4-8-13-20)32-23(29)24(25,26)27)21(31-18(2)28)14-9-15-30-16-19-10-5-3-6-11-19/h3-8,10-13,17,21-22H,9,14-16H2,1-2H3/t17-,21+,22?/m1/s1. The molecule has 0 fully saturated rings. The average molecular weight is 452 g/mol. The second-order valence-corrected chi connectivity index (χ2v) is 7.42. The molecule has 0 saturated carbocycles. The Kier molecular flexibility index (Phi) is 9.71. The number of hydrogen-bond acceptors (Lipinski definition) is 5. The number of carbonyl (C=O) groups is 2. The summed E-state index contributed by atoms with van der Waals surface area (Å²) >= 11 is 0. The molecule has 0 heterocycles. The number of ether oxygens (including phenoxy) is 3. The van der Waals surface area contributed by atoms with Gasteiger partial charge in [-0.25, -0.2) is 4.79 Å². The third-order valence-corrected chi connectivity index (χ3v) is 4.86. The minimum absolute atomic E-state index is 0.336. The van der Waals surface area contributed by atoms with Crippen molar-refractivity contribution in [3.63, 3.8) is 0 Å². The number of halogens is 3. The topological polar surface area (TPSA) is 61.8 Å². The molecule has 5 nitrogen and oxygen atoms in total. The van der Waals surface area contributed by atoms with Crippen LogP contribution in [0.2, 0.25) is 0 Å². The molecule has 0 spiro atoms. The van der Waals surface area contributed by atoms with Gasteiger partial charge in [-0.3, -0.25) is 4.79 Å². The van der Waals surface area contributed by atoms with Crippen LogP contribution in [0.4, 0.5) is 13.2 Å². The van der Waals surface area contributed by atoms with Crippen molar-refractivity contribution in [3.05, 3.63) is 71.8 Å². The maximum atomic E-state index is 12.9. The molecule has 0 bridgehead atoms. The van der Waals surface area contributed by atoms with Crippen LogP contribution in [0.25, 0.3) is 0 Å². The summed E-state index contributed by atoms with van der Waals surface area (Å²) in [6.45, 7) is 3.62. The smallest absolute Gasteiger partial charge is 0.462 e. The molecular formula is C24H27F3O5. The number of benzene rings is 2. The Balaban J connectivity index is 2.05. The molecule has 0 N–H and O–H groups in total. The average Bonchev–Trinajstić information content (AvgIpc) is 2.76. The third-order valence-electron chi connectivity index (χ3n) is 4.86.